The average molecular weight is 327 g/mol. The first kappa shape index (κ1) is 14.8. The number of benzene rings is 2. The highest BCUT2D eigenvalue weighted by Gasteiger charge is 2.09. The van der Waals surface area contributed by atoms with Crippen LogP contribution >= 0.6 is 11.3 Å². The Morgan fingerprint density at radius 1 is 0.957 bits per heavy atom. The maximum absolute atomic E-state index is 10.8. The van der Waals surface area contributed by atoms with Crippen LogP contribution in [0, 0.1) is 20.2 Å². The number of nitro benzene ring substituents is 2. The molecule has 1 heterocycles. The summed E-state index contributed by atoms with van der Waals surface area (Å²) >= 11 is 1.39. The lowest BCUT2D eigenvalue weighted by Gasteiger charge is -1.93. The number of aromatic nitrogens is 1. The summed E-state index contributed by atoms with van der Waals surface area (Å²) in [6.07, 6.45) is 3.45. The Labute approximate surface area is 133 Å². The molecule has 0 fully saturated rings. The first-order valence-corrected chi connectivity index (χ1v) is 7.32. The molecule has 3 aromatic rings. The number of thiazole rings is 1. The van der Waals surface area contributed by atoms with Crippen molar-refractivity contribution < 1.29 is 9.85 Å². The van der Waals surface area contributed by atoms with Gasteiger partial charge >= 0.3 is 0 Å². The highest BCUT2D eigenvalue weighted by molar-refractivity contribution is 7.19. The summed E-state index contributed by atoms with van der Waals surface area (Å²) in [7, 11) is 0. The van der Waals surface area contributed by atoms with Crippen LogP contribution < -0.4 is 0 Å². The van der Waals surface area contributed by atoms with E-state index in [4.69, 9.17) is 0 Å². The summed E-state index contributed by atoms with van der Waals surface area (Å²) in [6, 6.07) is 10.8. The summed E-state index contributed by atoms with van der Waals surface area (Å²) in [4.78, 5) is 24.9. The van der Waals surface area contributed by atoms with E-state index in [9.17, 15) is 20.2 Å². The largest absolute Gasteiger partial charge is 0.271 e. The molecule has 1 aromatic heterocycles. The number of nitrogens with zero attached hydrogens (tertiary/aromatic N) is 3. The molecule has 7 nitrogen and oxygen atoms in total. The lowest BCUT2D eigenvalue weighted by atomic mass is 10.2. The van der Waals surface area contributed by atoms with Gasteiger partial charge in [0.05, 0.1) is 20.1 Å². The van der Waals surface area contributed by atoms with E-state index in [0.29, 0.717) is 16.1 Å². The second-order valence-electron chi connectivity index (χ2n) is 4.65. The van der Waals surface area contributed by atoms with E-state index < -0.39 is 9.85 Å². The van der Waals surface area contributed by atoms with Gasteiger partial charge in [-0.05, 0) is 17.7 Å². The Hall–Kier alpha value is -3.13. The van der Waals surface area contributed by atoms with E-state index in [1.807, 2.05) is 0 Å². The third-order valence-electron chi connectivity index (χ3n) is 3.10. The van der Waals surface area contributed by atoms with Crippen molar-refractivity contribution in [2.24, 2.45) is 0 Å². The first-order valence-electron chi connectivity index (χ1n) is 6.50. The molecule has 0 aliphatic carbocycles. The van der Waals surface area contributed by atoms with E-state index in [0.717, 1.165) is 4.70 Å². The zero-order valence-electron chi connectivity index (χ0n) is 11.6. The standard InChI is InChI=1S/C15H9N3O4S/c19-17(20)11-3-1-2-10(8-11)4-7-15-16-13-9-12(18(21)22)5-6-14(13)23-15/h1-9H/b7-4+. The van der Waals surface area contributed by atoms with Gasteiger partial charge in [-0.15, -0.1) is 11.3 Å². The van der Waals surface area contributed by atoms with Crippen LogP contribution in [0.1, 0.15) is 10.6 Å². The maximum Gasteiger partial charge on any atom is 0.271 e. The molecule has 0 amide bonds. The normalized spacial score (nSPS) is 11.1. The highest BCUT2D eigenvalue weighted by Crippen LogP contribution is 2.27. The zero-order chi connectivity index (χ0) is 16.4. The van der Waals surface area contributed by atoms with Crippen molar-refractivity contribution >= 4 is 45.1 Å². The summed E-state index contributed by atoms with van der Waals surface area (Å²) < 4.78 is 0.842. The van der Waals surface area contributed by atoms with Crippen LogP contribution in [0.4, 0.5) is 11.4 Å². The quantitative estimate of drug-likeness (QED) is 0.526. The molecule has 0 radical (unpaired) electrons. The fraction of sp³-hybridized carbons (Fsp3) is 0. The van der Waals surface area contributed by atoms with Crippen molar-refractivity contribution in [3.8, 4) is 0 Å². The smallest absolute Gasteiger partial charge is 0.258 e. The monoisotopic (exact) mass is 327 g/mol. The van der Waals surface area contributed by atoms with E-state index in [1.54, 1.807) is 30.4 Å². The molecular weight excluding hydrogens is 318 g/mol. The molecule has 0 aliphatic rings. The van der Waals surface area contributed by atoms with Gasteiger partial charge in [0.1, 0.15) is 5.01 Å². The van der Waals surface area contributed by atoms with Crippen LogP contribution in [0.2, 0.25) is 0 Å². The minimum atomic E-state index is -0.461. The lowest BCUT2D eigenvalue weighted by Crippen LogP contribution is -1.87. The first-order chi connectivity index (χ1) is 11.0. The molecule has 0 bridgehead atoms. The third-order valence-corrected chi connectivity index (χ3v) is 4.10. The fourth-order valence-corrected chi connectivity index (χ4v) is 2.88. The van der Waals surface area contributed by atoms with Gasteiger partial charge in [-0.2, -0.15) is 0 Å². The van der Waals surface area contributed by atoms with E-state index >= 15 is 0 Å². The molecule has 2 aromatic carbocycles. The van der Waals surface area contributed by atoms with Crippen molar-refractivity contribution in [1.82, 2.24) is 4.98 Å². The van der Waals surface area contributed by atoms with Gasteiger partial charge in [0.25, 0.3) is 11.4 Å². The molecule has 0 unspecified atom stereocenters. The Balaban J connectivity index is 1.90. The van der Waals surface area contributed by atoms with Gasteiger partial charge in [-0.25, -0.2) is 4.98 Å². The van der Waals surface area contributed by atoms with Gasteiger partial charge in [-0.3, -0.25) is 20.2 Å². The van der Waals surface area contributed by atoms with Crippen LogP contribution in [-0.2, 0) is 0 Å². The minimum absolute atomic E-state index is 0.00277. The second-order valence-corrected chi connectivity index (χ2v) is 5.71. The van der Waals surface area contributed by atoms with Gasteiger partial charge in [0, 0.05) is 24.3 Å². The highest BCUT2D eigenvalue weighted by atomic mass is 32.1. The van der Waals surface area contributed by atoms with Crippen molar-refractivity contribution in [2.75, 3.05) is 0 Å². The Morgan fingerprint density at radius 2 is 1.70 bits per heavy atom. The van der Waals surface area contributed by atoms with Gasteiger partial charge in [-0.1, -0.05) is 18.2 Å². The van der Waals surface area contributed by atoms with Crippen molar-refractivity contribution in [1.29, 1.82) is 0 Å². The van der Waals surface area contributed by atoms with Crippen LogP contribution in [0.25, 0.3) is 22.4 Å². The maximum atomic E-state index is 10.8. The predicted octanol–water partition coefficient (Wildman–Crippen LogP) is 4.28. The second kappa shape index (κ2) is 5.93. The summed E-state index contributed by atoms with van der Waals surface area (Å²) in [5.41, 5.74) is 1.26. The fourth-order valence-electron chi connectivity index (χ4n) is 2.03. The zero-order valence-corrected chi connectivity index (χ0v) is 12.4. The summed E-state index contributed by atoms with van der Waals surface area (Å²) in [6.45, 7) is 0. The van der Waals surface area contributed by atoms with Crippen LogP contribution in [-0.4, -0.2) is 14.8 Å². The minimum Gasteiger partial charge on any atom is -0.258 e. The SMILES string of the molecule is O=[N+]([O-])c1cccc(/C=C/c2nc3cc([N+](=O)[O-])ccc3s2)c1. The predicted molar refractivity (Wildman–Crippen MR) is 88.3 cm³/mol. The molecule has 8 heteroatoms. The Morgan fingerprint density at radius 3 is 2.43 bits per heavy atom. The number of nitro groups is 2. The number of hydrogen-bond acceptors (Lipinski definition) is 6. The Bertz CT molecular complexity index is 949. The number of non-ortho nitro benzene ring substituents is 2. The molecule has 0 aliphatic heterocycles. The topological polar surface area (TPSA) is 99.2 Å². The molecule has 114 valence electrons. The van der Waals surface area contributed by atoms with Gasteiger partial charge in [0.15, 0.2) is 0 Å². The lowest BCUT2D eigenvalue weighted by molar-refractivity contribution is -0.385. The van der Waals surface area contributed by atoms with Crippen LogP contribution in [0.5, 0.6) is 0 Å². The number of rotatable bonds is 4. The summed E-state index contributed by atoms with van der Waals surface area (Å²) in [5, 5.41) is 22.2. The molecule has 0 N–H and O–H groups in total. The summed E-state index contributed by atoms with van der Waals surface area (Å²) in [5.74, 6) is 0. The van der Waals surface area contributed by atoms with E-state index in [-0.39, 0.29) is 11.4 Å². The number of fused-ring (bicyclic) bond motifs is 1. The van der Waals surface area contributed by atoms with Gasteiger partial charge in [0.2, 0.25) is 0 Å². The van der Waals surface area contributed by atoms with Gasteiger partial charge < -0.3 is 0 Å². The molecule has 0 saturated heterocycles. The van der Waals surface area contributed by atoms with Crippen molar-refractivity contribution in [3.05, 3.63) is 73.3 Å². The molecule has 23 heavy (non-hydrogen) atoms. The Kier molecular flexibility index (Phi) is 3.82. The molecule has 0 spiro atoms. The molecular formula is C15H9N3O4S. The molecule has 0 atom stereocenters. The third kappa shape index (κ3) is 3.22. The molecule has 0 saturated carbocycles. The average Bonchev–Trinajstić information content (AvgIpc) is 2.95. The van der Waals surface area contributed by atoms with Crippen LogP contribution in [0.3, 0.4) is 0 Å². The van der Waals surface area contributed by atoms with E-state index in [2.05, 4.69) is 4.98 Å². The van der Waals surface area contributed by atoms with Crippen LogP contribution in [0.15, 0.2) is 42.5 Å². The van der Waals surface area contributed by atoms with Crippen molar-refractivity contribution in [3.63, 3.8) is 0 Å². The van der Waals surface area contributed by atoms with E-state index in [1.165, 1.54) is 35.6 Å². The van der Waals surface area contributed by atoms with Crippen molar-refractivity contribution in [2.45, 2.75) is 0 Å². The molecule has 3 rings (SSSR count). The number of hydrogen-bond donors (Lipinski definition) is 0.